The molecular formula is C16H8Cl2F3N3O3. The van der Waals surface area contributed by atoms with E-state index in [9.17, 15) is 18.0 Å². The SMILES string of the molecule is O=C(OCc1nc(-c2ccc(C(F)(F)F)cc2)no1)c1cnc(Cl)c(Cl)c1. The predicted octanol–water partition coefficient (Wildman–Crippen LogP) is 4.81. The van der Waals surface area contributed by atoms with Crippen LogP contribution in [0.1, 0.15) is 21.8 Å². The molecule has 2 aromatic heterocycles. The van der Waals surface area contributed by atoms with Gasteiger partial charge in [-0.2, -0.15) is 18.2 Å². The number of pyridine rings is 1. The van der Waals surface area contributed by atoms with E-state index in [1.54, 1.807) is 0 Å². The first-order valence-corrected chi connectivity index (χ1v) is 7.98. The maximum atomic E-state index is 12.6. The first-order chi connectivity index (χ1) is 12.7. The monoisotopic (exact) mass is 417 g/mol. The molecule has 140 valence electrons. The van der Waals surface area contributed by atoms with Crippen LogP contribution in [-0.2, 0) is 17.5 Å². The number of nitrogens with zero attached hydrogens (tertiary/aromatic N) is 3. The highest BCUT2D eigenvalue weighted by Gasteiger charge is 2.30. The van der Waals surface area contributed by atoms with Crippen molar-refractivity contribution in [3.8, 4) is 11.4 Å². The van der Waals surface area contributed by atoms with Gasteiger partial charge in [-0.05, 0) is 18.2 Å². The third-order valence-electron chi connectivity index (χ3n) is 3.30. The molecule has 1 aromatic carbocycles. The molecule has 0 unspecified atom stereocenters. The van der Waals surface area contributed by atoms with Gasteiger partial charge in [0.05, 0.1) is 16.1 Å². The number of ether oxygens (including phenoxy) is 1. The molecule has 0 N–H and O–H groups in total. The maximum absolute atomic E-state index is 12.6. The summed E-state index contributed by atoms with van der Waals surface area (Å²) in [5.41, 5.74) is -0.399. The number of halogens is 5. The molecule has 0 radical (unpaired) electrons. The summed E-state index contributed by atoms with van der Waals surface area (Å²) in [6, 6.07) is 5.53. The van der Waals surface area contributed by atoms with Gasteiger partial charge in [-0.3, -0.25) is 0 Å². The topological polar surface area (TPSA) is 78.1 Å². The van der Waals surface area contributed by atoms with Crippen molar-refractivity contribution in [1.82, 2.24) is 15.1 Å². The van der Waals surface area contributed by atoms with Crippen molar-refractivity contribution in [1.29, 1.82) is 0 Å². The van der Waals surface area contributed by atoms with E-state index in [4.69, 9.17) is 32.5 Å². The number of carbonyl (C=O) groups excluding carboxylic acids is 1. The number of rotatable bonds is 4. The first-order valence-electron chi connectivity index (χ1n) is 7.22. The first kappa shape index (κ1) is 19.1. The highest BCUT2D eigenvalue weighted by atomic mass is 35.5. The Morgan fingerprint density at radius 3 is 2.52 bits per heavy atom. The fourth-order valence-corrected chi connectivity index (χ4v) is 2.25. The average molecular weight is 418 g/mol. The van der Waals surface area contributed by atoms with Crippen molar-refractivity contribution in [2.45, 2.75) is 12.8 Å². The van der Waals surface area contributed by atoms with Gasteiger partial charge in [0.1, 0.15) is 5.15 Å². The molecule has 0 saturated carbocycles. The summed E-state index contributed by atoms with van der Waals surface area (Å²) in [5.74, 6) is -0.715. The molecule has 0 spiro atoms. The maximum Gasteiger partial charge on any atom is 0.416 e. The van der Waals surface area contributed by atoms with Crippen LogP contribution < -0.4 is 0 Å². The quantitative estimate of drug-likeness (QED) is 0.447. The van der Waals surface area contributed by atoms with E-state index in [1.807, 2.05) is 0 Å². The number of hydrogen-bond acceptors (Lipinski definition) is 6. The van der Waals surface area contributed by atoms with Crippen LogP contribution in [0.2, 0.25) is 10.2 Å². The minimum Gasteiger partial charge on any atom is -0.452 e. The molecular weight excluding hydrogens is 410 g/mol. The molecule has 0 bridgehead atoms. The van der Waals surface area contributed by atoms with Crippen LogP contribution in [-0.4, -0.2) is 21.1 Å². The smallest absolute Gasteiger partial charge is 0.416 e. The molecule has 0 fully saturated rings. The van der Waals surface area contributed by atoms with E-state index in [0.717, 1.165) is 12.1 Å². The second-order valence-electron chi connectivity index (χ2n) is 5.16. The standard InChI is InChI=1S/C16H8Cl2F3N3O3/c17-11-5-9(6-22-13(11)18)15(25)26-7-12-23-14(24-27-12)8-1-3-10(4-2-8)16(19,20)21/h1-6H,7H2. The number of hydrogen-bond donors (Lipinski definition) is 0. The lowest BCUT2D eigenvalue weighted by atomic mass is 10.1. The van der Waals surface area contributed by atoms with Crippen molar-refractivity contribution in [3.63, 3.8) is 0 Å². The molecule has 0 saturated heterocycles. The van der Waals surface area contributed by atoms with Crippen LogP contribution in [0.4, 0.5) is 13.2 Å². The van der Waals surface area contributed by atoms with E-state index in [1.165, 1.54) is 24.4 Å². The van der Waals surface area contributed by atoms with E-state index < -0.39 is 17.7 Å². The molecule has 0 atom stereocenters. The number of esters is 1. The van der Waals surface area contributed by atoms with Crippen LogP contribution in [0.5, 0.6) is 0 Å². The van der Waals surface area contributed by atoms with E-state index in [2.05, 4.69) is 15.1 Å². The molecule has 0 aliphatic carbocycles. The Morgan fingerprint density at radius 1 is 1.19 bits per heavy atom. The Kier molecular flexibility index (Phi) is 5.33. The molecule has 6 nitrogen and oxygen atoms in total. The molecule has 3 aromatic rings. The Hall–Kier alpha value is -2.65. The summed E-state index contributed by atoms with van der Waals surface area (Å²) in [6.07, 6.45) is -3.24. The van der Waals surface area contributed by atoms with Crippen LogP contribution >= 0.6 is 23.2 Å². The fourth-order valence-electron chi connectivity index (χ4n) is 1.98. The van der Waals surface area contributed by atoms with E-state index in [-0.39, 0.29) is 34.1 Å². The van der Waals surface area contributed by atoms with Crippen molar-refractivity contribution in [2.24, 2.45) is 0 Å². The van der Waals surface area contributed by atoms with Crippen molar-refractivity contribution in [3.05, 3.63) is 63.7 Å². The summed E-state index contributed by atoms with van der Waals surface area (Å²) in [6.45, 7) is -0.341. The average Bonchev–Trinajstić information content (AvgIpc) is 3.10. The Balaban J connectivity index is 1.65. The summed E-state index contributed by atoms with van der Waals surface area (Å²) < 4.78 is 47.6. The normalized spacial score (nSPS) is 11.4. The summed E-state index contributed by atoms with van der Waals surface area (Å²) >= 11 is 11.4. The van der Waals surface area contributed by atoms with Gasteiger partial charge >= 0.3 is 12.1 Å². The second kappa shape index (κ2) is 7.53. The van der Waals surface area contributed by atoms with Crippen molar-refractivity contribution in [2.75, 3.05) is 0 Å². The summed E-state index contributed by atoms with van der Waals surface area (Å²) in [4.78, 5) is 19.6. The molecule has 2 heterocycles. The zero-order valence-corrected chi connectivity index (χ0v) is 14.6. The summed E-state index contributed by atoms with van der Waals surface area (Å²) in [5, 5.41) is 3.78. The third kappa shape index (κ3) is 4.55. The zero-order chi connectivity index (χ0) is 19.6. The predicted molar refractivity (Wildman–Crippen MR) is 88.1 cm³/mol. The fraction of sp³-hybridized carbons (Fsp3) is 0.125. The van der Waals surface area contributed by atoms with Crippen molar-refractivity contribution < 1.29 is 27.2 Å². The van der Waals surface area contributed by atoms with Crippen molar-refractivity contribution >= 4 is 29.2 Å². The van der Waals surface area contributed by atoms with Crippen LogP contribution in [0.3, 0.4) is 0 Å². The number of benzene rings is 1. The number of carbonyl (C=O) groups is 1. The summed E-state index contributed by atoms with van der Waals surface area (Å²) in [7, 11) is 0. The minimum absolute atomic E-state index is 0.0359. The zero-order valence-electron chi connectivity index (χ0n) is 13.1. The Labute approximate surface area is 159 Å². The van der Waals surface area contributed by atoms with Gasteiger partial charge in [0.2, 0.25) is 5.82 Å². The lowest BCUT2D eigenvalue weighted by Crippen LogP contribution is -2.06. The molecule has 3 rings (SSSR count). The largest absolute Gasteiger partial charge is 0.452 e. The third-order valence-corrected chi connectivity index (χ3v) is 3.98. The lowest BCUT2D eigenvalue weighted by Gasteiger charge is -2.05. The van der Waals surface area contributed by atoms with Gasteiger partial charge < -0.3 is 9.26 Å². The van der Waals surface area contributed by atoms with Gasteiger partial charge in [-0.1, -0.05) is 40.5 Å². The lowest BCUT2D eigenvalue weighted by molar-refractivity contribution is -0.137. The highest BCUT2D eigenvalue weighted by molar-refractivity contribution is 6.41. The van der Waals surface area contributed by atoms with Gasteiger partial charge in [0, 0.05) is 11.8 Å². The molecule has 0 aliphatic heterocycles. The minimum atomic E-state index is -4.44. The molecule has 27 heavy (non-hydrogen) atoms. The van der Waals surface area contributed by atoms with Crippen LogP contribution in [0.15, 0.2) is 41.1 Å². The van der Waals surface area contributed by atoms with E-state index in [0.29, 0.717) is 5.56 Å². The van der Waals surface area contributed by atoms with Crippen LogP contribution in [0.25, 0.3) is 11.4 Å². The van der Waals surface area contributed by atoms with Gasteiger partial charge in [-0.15, -0.1) is 0 Å². The molecule has 0 aliphatic rings. The second-order valence-corrected chi connectivity index (χ2v) is 5.92. The van der Waals surface area contributed by atoms with Gasteiger partial charge in [0.25, 0.3) is 5.89 Å². The van der Waals surface area contributed by atoms with Gasteiger partial charge in [-0.25, -0.2) is 9.78 Å². The molecule has 0 amide bonds. The number of aromatic nitrogens is 3. The Morgan fingerprint density at radius 2 is 1.89 bits per heavy atom. The van der Waals surface area contributed by atoms with Gasteiger partial charge in [0.15, 0.2) is 6.61 Å². The van der Waals surface area contributed by atoms with E-state index >= 15 is 0 Å². The van der Waals surface area contributed by atoms with Crippen LogP contribution in [0, 0.1) is 0 Å². The number of alkyl halides is 3. The highest BCUT2D eigenvalue weighted by Crippen LogP contribution is 2.30. The molecule has 11 heteroatoms. The Bertz CT molecular complexity index is 975.